The number of nitriles is 1. The van der Waals surface area contributed by atoms with Crippen LogP contribution in [0.2, 0.25) is 0 Å². The summed E-state index contributed by atoms with van der Waals surface area (Å²) in [4.78, 5) is 11.5. The van der Waals surface area contributed by atoms with Crippen LogP contribution >= 0.6 is 12.6 Å². The molecule has 0 saturated heterocycles. The van der Waals surface area contributed by atoms with Gasteiger partial charge in [-0.2, -0.15) is 31.1 Å². The van der Waals surface area contributed by atoms with Crippen LogP contribution in [0, 0.1) is 29.1 Å². The van der Waals surface area contributed by atoms with E-state index in [1.54, 1.807) is 6.07 Å². The number of benzene rings is 1. The number of anilines is 1. The van der Waals surface area contributed by atoms with E-state index in [0.717, 1.165) is 25.3 Å². The molecule has 0 aromatic heterocycles. The number of amides is 1. The lowest BCUT2D eigenvalue weighted by molar-refractivity contribution is -0.137. The summed E-state index contributed by atoms with van der Waals surface area (Å²) in [6, 6.07) is 5.21. The molecule has 1 aromatic rings. The Kier molecular flexibility index (Phi) is 5.71. The van der Waals surface area contributed by atoms with Crippen molar-refractivity contribution in [2.75, 3.05) is 25.5 Å². The van der Waals surface area contributed by atoms with E-state index in [1.807, 2.05) is 0 Å². The highest BCUT2D eigenvalue weighted by Crippen LogP contribution is 2.57. The van der Waals surface area contributed by atoms with Gasteiger partial charge in [0.15, 0.2) is 0 Å². The van der Waals surface area contributed by atoms with Gasteiger partial charge in [0.05, 0.1) is 24.3 Å². The fourth-order valence-electron chi connectivity index (χ4n) is 4.67. The standard InChI is InChI=1S/C19H22F3N3O2S/c1-27-17(26)25-10-18(28)13-4-2-11(6-13)16(18)9-24-14-5-3-12(8-23)15(7-14)19(20,21)22/h3,5,7,11,13,16,24,28H,2,4,6,9-10H2,1H3,(H,25,26)/t11?,13?,16?,18-/m0/s1. The average Bonchev–Trinajstić information content (AvgIpc) is 3.24. The van der Waals surface area contributed by atoms with Gasteiger partial charge in [-0.15, -0.1) is 0 Å². The lowest BCUT2D eigenvalue weighted by Gasteiger charge is -2.40. The zero-order valence-corrected chi connectivity index (χ0v) is 16.2. The second-order valence-corrected chi connectivity index (χ2v) is 8.30. The molecular weight excluding hydrogens is 391 g/mol. The Morgan fingerprint density at radius 2 is 2.18 bits per heavy atom. The van der Waals surface area contributed by atoms with Crippen molar-refractivity contribution in [2.45, 2.75) is 30.2 Å². The van der Waals surface area contributed by atoms with Gasteiger partial charge in [-0.1, -0.05) is 0 Å². The lowest BCUT2D eigenvalue weighted by Crippen LogP contribution is -2.50. The molecule has 3 rings (SSSR count). The number of alkyl carbamates (subject to hydrolysis) is 1. The summed E-state index contributed by atoms with van der Waals surface area (Å²) in [6.45, 7) is 0.786. The van der Waals surface area contributed by atoms with Crippen LogP contribution in [0.3, 0.4) is 0 Å². The number of nitrogens with zero attached hydrogens (tertiary/aromatic N) is 1. The third-order valence-corrected chi connectivity index (χ3v) is 6.92. The minimum absolute atomic E-state index is 0.0942. The largest absolute Gasteiger partial charge is 0.453 e. The molecule has 28 heavy (non-hydrogen) atoms. The number of methoxy groups -OCH3 is 1. The van der Waals surface area contributed by atoms with Gasteiger partial charge in [-0.3, -0.25) is 0 Å². The smallest absolute Gasteiger partial charge is 0.417 e. The summed E-state index contributed by atoms with van der Waals surface area (Å²) in [5.74, 6) is 0.850. The molecule has 2 aliphatic carbocycles. The number of thiol groups is 1. The van der Waals surface area contributed by atoms with Crippen LogP contribution in [0.4, 0.5) is 23.7 Å². The number of carbonyl (C=O) groups excluding carboxylic acids is 1. The molecule has 2 bridgehead atoms. The highest BCUT2D eigenvalue weighted by molar-refractivity contribution is 7.81. The Morgan fingerprint density at radius 3 is 2.82 bits per heavy atom. The van der Waals surface area contributed by atoms with E-state index in [4.69, 9.17) is 17.9 Å². The van der Waals surface area contributed by atoms with Gasteiger partial charge in [-0.05, 0) is 55.2 Å². The number of hydrogen-bond donors (Lipinski definition) is 3. The third-order valence-electron chi connectivity index (χ3n) is 6.06. The number of hydrogen-bond acceptors (Lipinski definition) is 5. The van der Waals surface area contributed by atoms with Crippen molar-refractivity contribution in [1.82, 2.24) is 5.32 Å². The molecule has 5 nitrogen and oxygen atoms in total. The number of fused-ring (bicyclic) bond motifs is 2. The van der Waals surface area contributed by atoms with Crippen molar-refractivity contribution in [3.05, 3.63) is 29.3 Å². The molecule has 0 radical (unpaired) electrons. The highest BCUT2D eigenvalue weighted by Gasteiger charge is 2.56. The van der Waals surface area contributed by atoms with E-state index in [0.29, 0.717) is 30.6 Å². The first-order valence-electron chi connectivity index (χ1n) is 9.08. The first kappa shape index (κ1) is 20.6. The van der Waals surface area contributed by atoms with Crippen LogP contribution in [0.25, 0.3) is 0 Å². The van der Waals surface area contributed by atoms with Crippen molar-refractivity contribution in [2.24, 2.45) is 17.8 Å². The van der Waals surface area contributed by atoms with Crippen LogP contribution < -0.4 is 10.6 Å². The Hall–Kier alpha value is -2.08. The predicted octanol–water partition coefficient (Wildman–Crippen LogP) is 4.06. The fraction of sp³-hybridized carbons (Fsp3) is 0.579. The molecule has 3 unspecified atom stereocenters. The monoisotopic (exact) mass is 413 g/mol. The van der Waals surface area contributed by atoms with E-state index in [1.165, 1.54) is 19.2 Å². The fourth-order valence-corrected chi connectivity index (χ4v) is 5.28. The van der Waals surface area contributed by atoms with Gasteiger partial charge in [-0.25, -0.2) is 4.79 Å². The predicted molar refractivity (Wildman–Crippen MR) is 101 cm³/mol. The van der Waals surface area contributed by atoms with Gasteiger partial charge in [0.2, 0.25) is 0 Å². The maximum absolute atomic E-state index is 13.2. The van der Waals surface area contributed by atoms with Crippen molar-refractivity contribution in [3.63, 3.8) is 0 Å². The molecule has 4 atom stereocenters. The number of alkyl halides is 3. The molecule has 1 amide bonds. The molecule has 9 heteroatoms. The van der Waals surface area contributed by atoms with E-state index in [2.05, 4.69) is 15.4 Å². The van der Waals surface area contributed by atoms with Gasteiger partial charge in [0.25, 0.3) is 0 Å². The molecule has 0 spiro atoms. The Morgan fingerprint density at radius 1 is 1.43 bits per heavy atom. The zero-order valence-electron chi connectivity index (χ0n) is 15.3. The summed E-state index contributed by atoms with van der Waals surface area (Å²) >= 11 is 4.91. The number of nitrogens with one attached hydrogen (secondary N) is 2. The number of carbonyl (C=O) groups is 1. The molecule has 2 saturated carbocycles. The first-order chi connectivity index (χ1) is 13.2. The molecule has 0 aliphatic heterocycles. The summed E-state index contributed by atoms with van der Waals surface area (Å²) in [6.07, 6.45) is -2.03. The van der Waals surface area contributed by atoms with E-state index >= 15 is 0 Å². The van der Waals surface area contributed by atoms with E-state index in [-0.39, 0.29) is 5.92 Å². The summed E-state index contributed by atoms with van der Waals surface area (Å²) in [5, 5.41) is 14.7. The minimum atomic E-state index is -4.59. The van der Waals surface area contributed by atoms with Crippen molar-refractivity contribution >= 4 is 24.4 Å². The zero-order chi connectivity index (χ0) is 20.5. The minimum Gasteiger partial charge on any atom is -0.453 e. The maximum Gasteiger partial charge on any atom is 0.417 e. The van der Waals surface area contributed by atoms with Crippen LogP contribution in [0.1, 0.15) is 30.4 Å². The van der Waals surface area contributed by atoms with E-state index < -0.39 is 28.1 Å². The summed E-state index contributed by atoms with van der Waals surface area (Å²) in [7, 11) is 1.30. The normalized spacial score (nSPS) is 28.6. The number of halogens is 3. The Labute approximate surface area is 167 Å². The topological polar surface area (TPSA) is 74.2 Å². The first-order valence-corrected chi connectivity index (χ1v) is 9.53. The molecule has 1 aromatic carbocycles. The van der Waals surface area contributed by atoms with Crippen LogP contribution in [-0.4, -0.2) is 31.0 Å². The Bertz CT molecular complexity index is 796. The molecule has 2 N–H and O–H groups in total. The lowest BCUT2D eigenvalue weighted by atomic mass is 9.78. The summed E-state index contributed by atoms with van der Waals surface area (Å²) < 4.78 is 43.7. The second-order valence-electron chi connectivity index (χ2n) is 7.46. The molecular formula is C19H22F3N3O2S. The van der Waals surface area contributed by atoms with Crippen molar-refractivity contribution in [1.29, 1.82) is 5.26 Å². The van der Waals surface area contributed by atoms with Crippen LogP contribution in [-0.2, 0) is 10.9 Å². The molecule has 0 heterocycles. The van der Waals surface area contributed by atoms with Crippen molar-refractivity contribution < 1.29 is 22.7 Å². The number of ether oxygens (including phenoxy) is 1. The SMILES string of the molecule is COC(=O)NC[C@]1(S)C2CCC(C2)C1CNc1ccc(C#N)c(C(F)(F)F)c1. The van der Waals surface area contributed by atoms with Crippen molar-refractivity contribution in [3.8, 4) is 6.07 Å². The quantitative estimate of drug-likeness (QED) is 0.637. The molecule has 152 valence electrons. The maximum atomic E-state index is 13.2. The number of rotatable bonds is 5. The van der Waals surface area contributed by atoms with Crippen LogP contribution in [0.15, 0.2) is 18.2 Å². The second kappa shape index (κ2) is 7.74. The Balaban J connectivity index is 1.74. The molecule has 2 fully saturated rings. The summed E-state index contributed by atoms with van der Waals surface area (Å²) in [5.41, 5.74) is -1.04. The van der Waals surface area contributed by atoms with Crippen LogP contribution in [0.5, 0.6) is 0 Å². The van der Waals surface area contributed by atoms with Gasteiger partial charge in [0.1, 0.15) is 0 Å². The third kappa shape index (κ3) is 3.88. The van der Waals surface area contributed by atoms with Gasteiger partial charge < -0.3 is 15.4 Å². The average molecular weight is 413 g/mol. The van der Waals surface area contributed by atoms with E-state index in [9.17, 15) is 18.0 Å². The molecule has 2 aliphatic rings. The van der Waals surface area contributed by atoms with Gasteiger partial charge in [0, 0.05) is 23.5 Å². The highest BCUT2D eigenvalue weighted by atomic mass is 32.1. The van der Waals surface area contributed by atoms with Gasteiger partial charge >= 0.3 is 12.3 Å².